The second-order valence-electron chi connectivity index (χ2n) is 6.86. The Bertz CT molecular complexity index is 882. The maximum absolute atomic E-state index is 12.7. The molecule has 4 rings (SSSR count). The fourth-order valence-corrected chi connectivity index (χ4v) is 4.50. The zero-order valence-electron chi connectivity index (χ0n) is 14.9. The van der Waals surface area contributed by atoms with Crippen LogP contribution >= 0.6 is 11.3 Å². The van der Waals surface area contributed by atoms with E-state index in [1.165, 1.54) is 30.6 Å². The largest absolute Gasteiger partial charge is 0.300 e. The lowest BCUT2D eigenvalue weighted by Crippen LogP contribution is -2.20. The molecule has 2 heterocycles. The van der Waals surface area contributed by atoms with E-state index in [1.54, 1.807) is 0 Å². The molecular formula is C19H23N5OS. The van der Waals surface area contributed by atoms with Gasteiger partial charge in [-0.2, -0.15) is 4.52 Å². The summed E-state index contributed by atoms with van der Waals surface area (Å²) in [6.45, 7) is 2.02. The Morgan fingerprint density at radius 1 is 1.23 bits per heavy atom. The number of carbonyl (C=O) groups excluding carboxylic acids is 1. The second kappa shape index (κ2) is 7.53. The molecule has 0 unspecified atom stereocenters. The van der Waals surface area contributed by atoms with Crippen molar-refractivity contribution in [1.82, 2.24) is 19.8 Å². The average molecular weight is 369 g/mol. The van der Waals surface area contributed by atoms with Crippen LogP contribution in [0.3, 0.4) is 0 Å². The van der Waals surface area contributed by atoms with Gasteiger partial charge in [0.2, 0.25) is 16.0 Å². The van der Waals surface area contributed by atoms with E-state index in [9.17, 15) is 4.79 Å². The summed E-state index contributed by atoms with van der Waals surface area (Å²) in [4.78, 5) is 13.5. The third-order valence-electron chi connectivity index (χ3n) is 5.14. The van der Waals surface area contributed by atoms with Crippen molar-refractivity contribution in [2.75, 3.05) is 5.32 Å². The quantitative estimate of drug-likeness (QED) is 0.725. The van der Waals surface area contributed by atoms with Gasteiger partial charge in [0, 0.05) is 5.92 Å². The van der Waals surface area contributed by atoms with Crippen molar-refractivity contribution >= 4 is 27.3 Å². The maximum atomic E-state index is 12.7. The molecule has 1 fully saturated rings. The summed E-state index contributed by atoms with van der Waals surface area (Å²) in [6, 6.07) is 9.88. The number of hydrogen-bond acceptors (Lipinski definition) is 5. The zero-order chi connectivity index (χ0) is 17.9. The molecule has 0 aliphatic heterocycles. The Kier molecular flexibility index (Phi) is 4.97. The SMILES string of the molecule is CC[C@H](C(=O)Nc1nn2c(C3CCCCC3)nnc2s1)c1ccccc1. The van der Waals surface area contributed by atoms with Crippen molar-refractivity contribution in [2.45, 2.75) is 57.3 Å². The van der Waals surface area contributed by atoms with Crippen LogP contribution in [0.4, 0.5) is 5.13 Å². The number of nitrogens with one attached hydrogen (secondary N) is 1. The minimum absolute atomic E-state index is 0.0251. The molecule has 1 amide bonds. The minimum atomic E-state index is -0.177. The van der Waals surface area contributed by atoms with E-state index in [2.05, 4.69) is 20.6 Å². The summed E-state index contributed by atoms with van der Waals surface area (Å²) in [6.07, 6.45) is 6.81. The highest BCUT2D eigenvalue weighted by molar-refractivity contribution is 7.20. The normalized spacial score (nSPS) is 16.7. The Hall–Kier alpha value is -2.28. The number of aromatic nitrogens is 4. The Labute approximate surface area is 156 Å². The fourth-order valence-electron chi connectivity index (χ4n) is 3.75. The van der Waals surface area contributed by atoms with Gasteiger partial charge in [-0.15, -0.1) is 15.3 Å². The summed E-state index contributed by atoms with van der Waals surface area (Å²) >= 11 is 1.38. The van der Waals surface area contributed by atoms with Crippen molar-refractivity contribution < 1.29 is 4.79 Å². The predicted molar refractivity (Wildman–Crippen MR) is 103 cm³/mol. The Balaban J connectivity index is 1.53. The molecule has 1 aromatic carbocycles. The molecule has 2 aromatic heterocycles. The monoisotopic (exact) mass is 369 g/mol. The summed E-state index contributed by atoms with van der Waals surface area (Å²) in [5.74, 6) is 1.16. The smallest absolute Gasteiger partial charge is 0.236 e. The van der Waals surface area contributed by atoms with Gasteiger partial charge in [0.15, 0.2) is 5.82 Å². The molecule has 1 aliphatic carbocycles. The van der Waals surface area contributed by atoms with E-state index in [-0.39, 0.29) is 11.8 Å². The molecule has 1 N–H and O–H groups in total. The van der Waals surface area contributed by atoms with E-state index < -0.39 is 0 Å². The average Bonchev–Trinajstić information content (AvgIpc) is 3.24. The molecule has 6 nitrogen and oxygen atoms in total. The standard InChI is InChI=1S/C19H23N5OS/c1-2-15(13-9-5-3-6-10-13)17(25)20-18-23-24-16(21-22-19(24)26-18)14-11-7-4-8-12-14/h3,5-6,9-10,14-15H,2,4,7-8,11-12H2,1H3,(H,20,23,25)/t15-/m0/s1. The third-order valence-corrected chi connectivity index (χ3v) is 5.96. The first kappa shape index (κ1) is 17.1. The van der Waals surface area contributed by atoms with Crippen molar-refractivity contribution in [2.24, 2.45) is 0 Å². The van der Waals surface area contributed by atoms with Gasteiger partial charge in [-0.3, -0.25) is 10.1 Å². The molecule has 0 bridgehead atoms. The van der Waals surface area contributed by atoms with Crippen LogP contribution in [0.5, 0.6) is 0 Å². The maximum Gasteiger partial charge on any atom is 0.236 e. The molecule has 0 spiro atoms. The van der Waals surface area contributed by atoms with Crippen LogP contribution in [0.15, 0.2) is 30.3 Å². The van der Waals surface area contributed by atoms with Crippen LogP contribution in [-0.4, -0.2) is 25.7 Å². The number of amides is 1. The van der Waals surface area contributed by atoms with Crippen LogP contribution < -0.4 is 5.32 Å². The van der Waals surface area contributed by atoms with Crippen LogP contribution in [0, 0.1) is 0 Å². The van der Waals surface area contributed by atoms with Crippen LogP contribution in [0.25, 0.3) is 4.96 Å². The number of hydrogen-bond donors (Lipinski definition) is 1. The number of rotatable bonds is 5. The van der Waals surface area contributed by atoms with Gasteiger partial charge in [-0.25, -0.2) is 0 Å². The minimum Gasteiger partial charge on any atom is -0.300 e. The molecular weight excluding hydrogens is 346 g/mol. The zero-order valence-corrected chi connectivity index (χ0v) is 15.7. The highest BCUT2D eigenvalue weighted by atomic mass is 32.1. The van der Waals surface area contributed by atoms with Gasteiger partial charge in [0.1, 0.15) is 0 Å². The van der Waals surface area contributed by atoms with Crippen molar-refractivity contribution in [3.63, 3.8) is 0 Å². The molecule has 26 heavy (non-hydrogen) atoms. The summed E-state index contributed by atoms with van der Waals surface area (Å²) in [5, 5.41) is 16.8. The number of nitrogens with zero attached hydrogens (tertiary/aromatic N) is 4. The summed E-state index contributed by atoms with van der Waals surface area (Å²) in [7, 11) is 0. The summed E-state index contributed by atoms with van der Waals surface area (Å²) in [5.41, 5.74) is 1.03. The van der Waals surface area contributed by atoms with Crippen molar-refractivity contribution in [3.8, 4) is 0 Å². The van der Waals surface area contributed by atoms with Gasteiger partial charge >= 0.3 is 0 Å². The predicted octanol–water partition coefficient (Wildman–Crippen LogP) is 4.37. The molecule has 136 valence electrons. The highest BCUT2D eigenvalue weighted by Crippen LogP contribution is 2.33. The second-order valence-corrected chi connectivity index (χ2v) is 7.81. The van der Waals surface area contributed by atoms with E-state index in [4.69, 9.17) is 0 Å². The number of carbonyl (C=O) groups is 1. The van der Waals surface area contributed by atoms with E-state index >= 15 is 0 Å². The molecule has 1 saturated carbocycles. The lowest BCUT2D eigenvalue weighted by atomic mass is 9.89. The van der Waals surface area contributed by atoms with Crippen molar-refractivity contribution in [3.05, 3.63) is 41.7 Å². The van der Waals surface area contributed by atoms with E-state index in [1.807, 2.05) is 41.8 Å². The van der Waals surface area contributed by atoms with Crippen LogP contribution in [-0.2, 0) is 4.79 Å². The number of fused-ring (bicyclic) bond motifs is 1. The van der Waals surface area contributed by atoms with E-state index in [0.717, 1.165) is 35.6 Å². The molecule has 0 saturated heterocycles. The number of benzene rings is 1. The number of anilines is 1. The lowest BCUT2D eigenvalue weighted by molar-refractivity contribution is -0.117. The topological polar surface area (TPSA) is 72.2 Å². The Morgan fingerprint density at radius 3 is 2.73 bits per heavy atom. The summed E-state index contributed by atoms with van der Waals surface area (Å²) < 4.78 is 1.82. The molecule has 7 heteroatoms. The third kappa shape index (κ3) is 3.35. The van der Waals surface area contributed by atoms with Gasteiger partial charge in [0.05, 0.1) is 5.92 Å². The molecule has 3 aromatic rings. The van der Waals surface area contributed by atoms with Gasteiger partial charge in [-0.05, 0) is 24.8 Å². The molecule has 0 radical (unpaired) electrons. The van der Waals surface area contributed by atoms with Crippen LogP contribution in [0.2, 0.25) is 0 Å². The lowest BCUT2D eigenvalue weighted by Gasteiger charge is -2.18. The van der Waals surface area contributed by atoms with Gasteiger partial charge in [0.25, 0.3) is 0 Å². The first-order valence-electron chi connectivity index (χ1n) is 9.34. The highest BCUT2D eigenvalue weighted by Gasteiger charge is 2.24. The Morgan fingerprint density at radius 2 is 2.00 bits per heavy atom. The molecule has 1 aliphatic rings. The van der Waals surface area contributed by atoms with Gasteiger partial charge < -0.3 is 0 Å². The van der Waals surface area contributed by atoms with Crippen LogP contribution in [0.1, 0.15) is 68.7 Å². The van der Waals surface area contributed by atoms with E-state index in [0.29, 0.717) is 11.0 Å². The molecule has 1 atom stereocenters. The van der Waals surface area contributed by atoms with Gasteiger partial charge in [-0.1, -0.05) is 67.9 Å². The fraction of sp³-hybridized carbons (Fsp3) is 0.474. The first-order valence-corrected chi connectivity index (χ1v) is 10.2. The first-order chi connectivity index (χ1) is 12.8. The van der Waals surface area contributed by atoms with Crippen molar-refractivity contribution in [1.29, 1.82) is 0 Å².